The molecule has 0 radical (unpaired) electrons. The molecule has 4 rings (SSSR count). The number of fused-ring (bicyclic) bond motifs is 1. The third-order valence-corrected chi connectivity index (χ3v) is 7.74. The number of nitrogens with zero attached hydrogens (tertiary/aromatic N) is 5. The Bertz CT molecular complexity index is 1750. The van der Waals surface area contributed by atoms with Crippen LogP contribution in [-0.4, -0.2) is 98.3 Å². The minimum Gasteiger partial charge on any atom is -0.724 e. The standard InChI is InChI=1S/C24H30N8O11S2/c1-24(2)19(21(35)32(24)43-45(38,39)40)28-20(34)18(15-11-44-23(26)27-15)29-42-17(22(36)37)10-41-14-4-5-16-12(6-14)8-31(30(16)3)9-13(33)7-25/h4-6,8,11,13,17,19,33H,7,9-10,25H2,1-3H3,(H4-,26,27,28,34,36,37,38,39,40)/b29-18-/t13?,17?,19-/m1/s1. The van der Waals surface area contributed by atoms with E-state index in [2.05, 4.69) is 19.7 Å². The largest absolute Gasteiger partial charge is 0.724 e. The first kappa shape index (κ1) is 33.5. The molecule has 0 saturated carbocycles. The van der Waals surface area contributed by atoms with Gasteiger partial charge < -0.3 is 41.1 Å². The van der Waals surface area contributed by atoms with Crippen molar-refractivity contribution in [3.05, 3.63) is 35.5 Å². The second-order valence-corrected chi connectivity index (χ2v) is 12.2. The second-order valence-electron chi connectivity index (χ2n) is 10.3. The smallest absolute Gasteiger partial charge is 0.351 e. The van der Waals surface area contributed by atoms with Crippen molar-refractivity contribution in [1.29, 1.82) is 0 Å². The zero-order chi connectivity index (χ0) is 33.3. The normalized spacial score (nSPS) is 17.9. The van der Waals surface area contributed by atoms with Crippen LogP contribution in [0.2, 0.25) is 0 Å². The van der Waals surface area contributed by atoms with Crippen LogP contribution in [-0.2, 0) is 47.5 Å². The van der Waals surface area contributed by atoms with E-state index in [0.29, 0.717) is 10.8 Å². The van der Waals surface area contributed by atoms with E-state index in [9.17, 15) is 37.6 Å². The number of aliphatic carboxylic acids is 1. The highest BCUT2D eigenvalue weighted by Crippen LogP contribution is 2.33. The fourth-order valence-electron chi connectivity index (χ4n) is 4.32. The Morgan fingerprint density at radius 1 is 1.36 bits per heavy atom. The van der Waals surface area contributed by atoms with Gasteiger partial charge in [0, 0.05) is 18.0 Å². The number of hydrogen-bond donors (Lipinski definition) is 5. The van der Waals surface area contributed by atoms with Gasteiger partial charge in [-0.15, -0.1) is 16.0 Å². The van der Waals surface area contributed by atoms with E-state index in [1.54, 1.807) is 36.1 Å². The van der Waals surface area contributed by atoms with Gasteiger partial charge in [-0.3, -0.25) is 9.59 Å². The Labute approximate surface area is 259 Å². The number of nitrogens with one attached hydrogen (secondary N) is 1. The van der Waals surface area contributed by atoms with Crippen molar-refractivity contribution < 1.29 is 56.1 Å². The van der Waals surface area contributed by atoms with Crippen LogP contribution in [0, 0.1) is 0 Å². The predicted molar refractivity (Wildman–Crippen MR) is 153 cm³/mol. The van der Waals surface area contributed by atoms with Gasteiger partial charge in [-0.2, -0.15) is 14.0 Å². The van der Waals surface area contributed by atoms with Crippen LogP contribution < -0.4 is 26.2 Å². The first-order valence-corrected chi connectivity index (χ1v) is 15.2. The number of aliphatic hydroxyl groups excluding tert-OH is 1. The van der Waals surface area contributed by atoms with Gasteiger partial charge in [0.25, 0.3) is 17.9 Å². The number of carboxylic acid groups (broad SMARTS) is 1. The maximum absolute atomic E-state index is 13.2. The minimum atomic E-state index is -5.27. The molecule has 21 heteroatoms. The van der Waals surface area contributed by atoms with Gasteiger partial charge in [0.15, 0.2) is 17.9 Å². The van der Waals surface area contributed by atoms with E-state index < -0.39 is 64.3 Å². The molecule has 2 aromatic heterocycles. The number of thiazole rings is 1. The molecule has 19 nitrogen and oxygen atoms in total. The average Bonchev–Trinajstić information content (AvgIpc) is 3.53. The van der Waals surface area contributed by atoms with Crippen molar-refractivity contribution in [2.45, 2.75) is 44.2 Å². The number of anilines is 1. The summed E-state index contributed by atoms with van der Waals surface area (Å²) in [5, 5.41) is 28.1. The van der Waals surface area contributed by atoms with Gasteiger partial charge in [-0.1, -0.05) is 5.16 Å². The van der Waals surface area contributed by atoms with E-state index >= 15 is 0 Å². The molecule has 45 heavy (non-hydrogen) atoms. The van der Waals surface area contributed by atoms with Crippen molar-refractivity contribution in [2.75, 3.05) is 18.9 Å². The molecule has 2 unspecified atom stereocenters. The Morgan fingerprint density at radius 3 is 2.64 bits per heavy atom. The van der Waals surface area contributed by atoms with Crippen LogP contribution in [0.5, 0.6) is 5.75 Å². The lowest BCUT2D eigenvalue weighted by Crippen LogP contribution is -2.76. The zero-order valence-electron chi connectivity index (χ0n) is 24.0. The maximum atomic E-state index is 13.2. The summed E-state index contributed by atoms with van der Waals surface area (Å²) in [5.41, 5.74) is 9.85. The summed E-state index contributed by atoms with van der Waals surface area (Å²) in [4.78, 5) is 46.7. The summed E-state index contributed by atoms with van der Waals surface area (Å²) >= 11 is 0.941. The van der Waals surface area contributed by atoms with Gasteiger partial charge in [0.05, 0.1) is 23.2 Å². The van der Waals surface area contributed by atoms with Crippen LogP contribution in [0.15, 0.2) is 34.9 Å². The Balaban J connectivity index is 1.49. The van der Waals surface area contributed by atoms with Crippen LogP contribution in [0.3, 0.4) is 0 Å². The van der Waals surface area contributed by atoms with Gasteiger partial charge in [0.1, 0.15) is 30.6 Å². The van der Waals surface area contributed by atoms with Crippen LogP contribution in [0.25, 0.3) is 10.9 Å². The second kappa shape index (κ2) is 12.9. The van der Waals surface area contributed by atoms with Crippen LogP contribution in [0.1, 0.15) is 19.5 Å². The zero-order valence-corrected chi connectivity index (χ0v) is 25.6. The summed E-state index contributed by atoms with van der Waals surface area (Å²) in [6.07, 6.45) is -0.699. The lowest BCUT2D eigenvalue weighted by Gasteiger charge is -2.51. The number of benzene rings is 1. The van der Waals surface area contributed by atoms with Gasteiger partial charge in [-0.05, 0) is 26.0 Å². The molecule has 7 N–H and O–H groups in total. The van der Waals surface area contributed by atoms with E-state index in [4.69, 9.17) is 21.0 Å². The average molecular weight is 671 g/mol. The first-order chi connectivity index (χ1) is 21.0. The molecule has 3 aromatic rings. The van der Waals surface area contributed by atoms with Gasteiger partial charge in [0.2, 0.25) is 15.9 Å². The number of hydrogen-bond acceptors (Lipinski definition) is 15. The molecule has 2 amide bonds. The molecule has 0 aliphatic carbocycles. The topological polar surface area (TPSA) is 278 Å². The summed E-state index contributed by atoms with van der Waals surface area (Å²) in [5.74, 6) is -3.28. The lowest BCUT2D eigenvalue weighted by atomic mass is 9.84. The fraction of sp³-hybridized carbons (Fsp3) is 0.417. The highest BCUT2D eigenvalue weighted by atomic mass is 32.3. The fourth-order valence-corrected chi connectivity index (χ4v) is 5.32. The monoisotopic (exact) mass is 670 g/mol. The molecule has 244 valence electrons. The third-order valence-electron chi connectivity index (χ3n) is 6.74. The molecule has 1 aliphatic rings. The molecule has 0 bridgehead atoms. The number of nitrogen functional groups attached to an aromatic ring is 1. The van der Waals surface area contributed by atoms with E-state index in [0.717, 1.165) is 22.2 Å². The molecule has 1 aromatic carbocycles. The number of aromatic nitrogens is 3. The van der Waals surface area contributed by atoms with E-state index in [-0.39, 0.29) is 23.9 Å². The molecule has 1 aliphatic heterocycles. The van der Waals surface area contributed by atoms with Crippen LogP contribution >= 0.6 is 11.3 Å². The Morgan fingerprint density at radius 2 is 2.07 bits per heavy atom. The molecule has 3 heterocycles. The molecule has 1 fully saturated rings. The summed E-state index contributed by atoms with van der Waals surface area (Å²) in [6.45, 7) is 2.45. The number of carbonyl (C=O) groups is 3. The number of rotatable bonds is 14. The van der Waals surface area contributed by atoms with Crippen molar-refractivity contribution in [1.82, 2.24) is 20.0 Å². The minimum absolute atomic E-state index is 0.0408. The lowest BCUT2D eigenvalue weighted by molar-refractivity contribution is -0.731. The maximum Gasteiger partial charge on any atom is 0.351 e. The number of hydroxylamine groups is 2. The number of carbonyl (C=O) groups excluding carboxylic acids is 2. The molecular weight excluding hydrogens is 640 g/mol. The molecule has 3 atom stereocenters. The molecule has 0 spiro atoms. The molecule has 1 saturated heterocycles. The van der Waals surface area contributed by atoms with E-state index in [1.165, 1.54) is 19.2 Å². The Hall–Kier alpha value is -4.41. The van der Waals surface area contributed by atoms with Gasteiger partial charge >= 0.3 is 5.97 Å². The third kappa shape index (κ3) is 7.46. The summed E-state index contributed by atoms with van der Waals surface area (Å²) in [7, 11) is -3.48. The highest BCUT2D eigenvalue weighted by molar-refractivity contribution is 7.80. The van der Waals surface area contributed by atoms with Crippen molar-refractivity contribution in [3.8, 4) is 5.75 Å². The van der Waals surface area contributed by atoms with Crippen molar-refractivity contribution >= 4 is 61.3 Å². The predicted octanol–water partition coefficient (Wildman–Crippen LogP) is -2.43. The van der Waals surface area contributed by atoms with E-state index in [1.807, 2.05) is 4.68 Å². The van der Waals surface area contributed by atoms with Gasteiger partial charge in [-0.25, -0.2) is 18.2 Å². The number of carboxylic acids is 1. The number of ether oxygens (including phenoxy) is 1. The summed E-state index contributed by atoms with van der Waals surface area (Å²) in [6, 6.07) is 3.63. The Kier molecular flexibility index (Phi) is 9.60. The van der Waals surface area contributed by atoms with Crippen LogP contribution in [0.4, 0.5) is 5.13 Å². The number of oxime groups is 1. The highest BCUT2D eigenvalue weighted by Gasteiger charge is 2.57. The number of β-lactam (4-membered cyclic amide) rings is 1. The molecular formula is C24H30N8O11S2. The number of nitrogens with two attached hydrogens (primary N) is 2. The van der Waals surface area contributed by atoms with Crippen molar-refractivity contribution in [2.24, 2.45) is 17.9 Å². The quantitative estimate of drug-likeness (QED) is 0.0298. The SMILES string of the molecule is C[n+]1c2ccc(OCC(O/N=C(\C(=O)N[C@@H]3C(=O)N(OS(=O)(=O)[O-])C3(C)C)c3csc(N)n3)C(=O)O)cc2cn1CC(O)CN. The number of aryl methyl sites for hydroxylation is 1. The number of aliphatic hydroxyl groups is 1. The summed E-state index contributed by atoms with van der Waals surface area (Å²) < 4.78 is 46.3. The first-order valence-electron chi connectivity index (χ1n) is 13.0. The number of amides is 2. The van der Waals surface area contributed by atoms with Crippen molar-refractivity contribution in [3.63, 3.8) is 0 Å².